The average Bonchev–Trinajstić information content (AvgIpc) is 3.78. The van der Waals surface area contributed by atoms with Crippen LogP contribution in [0.3, 0.4) is 0 Å². The molecular formula is C36H33FN6O5S. The summed E-state index contributed by atoms with van der Waals surface area (Å²) < 4.78 is 31.7. The number of aromatic nitrogens is 3. The lowest BCUT2D eigenvalue weighted by molar-refractivity contribution is -0.130. The summed E-state index contributed by atoms with van der Waals surface area (Å²) in [6, 6.07) is 29.6. The summed E-state index contributed by atoms with van der Waals surface area (Å²) >= 11 is 1.17. The van der Waals surface area contributed by atoms with Crippen LogP contribution in [0.15, 0.2) is 113 Å². The van der Waals surface area contributed by atoms with Crippen LogP contribution >= 0.6 is 11.8 Å². The predicted octanol–water partition coefficient (Wildman–Crippen LogP) is 5.59. The Labute approximate surface area is 286 Å². The molecule has 1 aliphatic rings. The molecule has 13 heteroatoms. The lowest BCUT2D eigenvalue weighted by Crippen LogP contribution is -2.29. The van der Waals surface area contributed by atoms with Gasteiger partial charge in [-0.25, -0.2) is 9.40 Å². The van der Waals surface area contributed by atoms with Crippen molar-refractivity contribution in [2.24, 2.45) is 5.10 Å². The smallest absolute Gasteiger partial charge is 0.258 e. The zero-order valence-corrected chi connectivity index (χ0v) is 27.6. The molecule has 0 saturated heterocycles. The minimum atomic E-state index is -0.404. The van der Waals surface area contributed by atoms with Gasteiger partial charge in [0.25, 0.3) is 11.8 Å². The summed E-state index contributed by atoms with van der Waals surface area (Å²) in [6.07, 6.45) is 0.513. The van der Waals surface area contributed by atoms with Gasteiger partial charge in [-0.05, 0) is 83.9 Å². The fraction of sp³-hybridized carbons (Fsp3) is 0.194. The van der Waals surface area contributed by atoms with Gasteiger partial charge in [0.15, 0.2) is 17.6 Å². The molecule has 4 aromatic carbocycles. The Morgan fingerprint density at radius 3 is 2.20 bits per heavy atom. The zero-order valence-electron chi connectivity index (χ0n) is 26.8. The Kier molecular flexibility index (Phi) is 10.5. The molecule has 0 saturated carbocycles. The van der Waals surface area contributed by atoms with Crippen molar-refractivity contribution in [3.05, 3.63) is 126 Å². The second kappa shape index (κ2) is 15.5. The number of amides is 2. The van der Waals surface area contributed by atoms with Crippen LogP contribution in [0, 0.1) is 5.82 Å². The van der Waals surface area contributed by atoms with Gasteiger partial charge in [-0.1, -0.05) is 42.1 Å². The van der Waals surface area contributed by atoms with Crippen molar-refractivity contribution in [2.75, 3.05) is 26.6 Å². The Bertz CT molecular complexity index is 1920. The van der Waals surface area contributed by atoms with E-state index in [4.69, 9.17) is 19.3 Å². The van der Waals surface area contributed by atoms with Crippen LogP contribution < -0.4 is 19.5 Å². The van der Waals surface area contributed by atoms with Crippen molar-refractivity contribution in [1.82, 2.24) is 25.1 Å². The van der Waals surface area contributed by atoms with E-state index in [2.05, 4.69) is 15.5 Å². The second-order valence-corrected chi connectivity index (χ2v) is 11.8. The highest BCUT2D eigenvalue weighted by atomic mass is 32.2. The number of nitrogens with zero attached hydrogens (tertiary/aromatic N) is 5. The Hall–Kier alpha value is -5.69. The number of methoxy groups -OCH3 is 2. The molecule has 49 heavy (non-hydrogen) atoms. The van der Waals surface area contributed by atoms with Gasteiger partial charge in [-0.15, -0.1) is 10.2 Å². The number of rotatable bonds is 13. The first-order chi connectivity index (χ1) is 23.9. The SMILES string of the molecule is COc1ccc(C2=NN(C(=O)CSc3nnc(CNC(=O)COc4ccccc4)n3-c3ccc(F)cc3)[C@@H](c3ccc(OC)cc3)C2)cc1. The normalized spacial score (nSPS) is 13.9. The van der Waals surface area contributed by atoms with E-state index >= 15 is 0 Å². The number of halogens is 1. The Balaban J connectivity index is 1.20. The molecule has 250 valence electrons. The van der Waals surface area contributed by atoms with Crippen molar-refractivity contribution < 1.29 is 28.2 Å². The number of hydrogen-bond acceptors (Lipinski definition) is 9. The van der Waals surface area contributed by atoms with E-state index in [1.54, 1.807) is 43.1 Å². The van der Waals surface area contributed by atoms with E-state index in [0.29, 0.717) is 34.6 Å². The van der Waals surface area contributed by atoms with Crippen LogP contribution in [0.1, 0.15) is 29.4 Å². The molecule has 1 aliphatic heterocycles. The van der Waals surface area contributed by atoms with E-state index in [9.17, 15) is 14.0 Å². The molecule has 1 atom stereocenters. The molecule has 0 fully saturated rings. The summed E-state index contributed by atoms with van der Waals surface area (Å²) in [6.45, 7) is -0.161. The molecule has 1 aromatic heterocycles. The van der Waals surface area contributed by atoms with Crippen LogP contribution in [-0.2, 0) is 16.1 Å². The summed E-state index contributed by atoms with van der Waals surface area (Å²) in [7, 11) is 3.21. The van der Waals surface area contributed by atoms with Crippen molar-refractivity contribution in [3.63, 3.8) is 0 Å². The highest BCUT2D eigenvalue weighted by Gasteiger charge is 2.33. The van der Waals surface area contributed by atoms with Crippen molar-refractivity contribution in [3.8, 4) is 22.9 Å². The van der Waals surface area contributed by atoms with Crippen LogP contribution in [0.4, 0.5) is 4.39 Å². The van der Waals surface area contributed by atoms with Gasteiger partial charge in [0.2, 0.25) is 0 Å². The molecule has 0 unspecified atom stereocenters. The van der Waals surface area contributed by atoms with Gasteiger partial charge >= 0.3 is 0 Å². The maximum Gasteiger partial charge on any atom is 0.258 e. The van der Waals surface area contributed by atoms with Gasteiger partial charge < -0.3 is 19.5 Å². The minimum Gasteiger partial charge on any atom is -0.497 e. The number of para-hydroxylation sites is 1. The maximum absolute atomic E-state index is 13.9. The standard InChI is InChI=1S/C36H33FN6O5S/c1-46-28-16-8-24(9-17-28)31-20-32(25-10-18-29(47-2)19-11-25)43(41-31)35(45)23-49-36-40-39-33(42(36)27-14-12-26(37)13-15-27)21-38-34(44)22-48-30-6-4-3-5-7-30/h3-19,32H,20-23H2,1-2H3,(H,38,44)/t32-/m1/s1. The lowest BCUT2D eigenvalue weighted by Gasteiger charge is -2.22. The van der Waals surface area contributed by atoms with Gasteiger partial charge in [0.1, 0.15) is 23.1 Å². The zero-order chi connectivity index (χ0) is 34.2. The Morgan fingerprint density at radius 1 is 0.857 bits per heavy atom. The molecule has 0 bridgehead atoms. The number of carbonyl (C=O) groups is 2. The van der Waals surface area contributed by atoms with Crippen LogP contribution in [0.5, 0.6) is 17.2 Å². The molecule has 0 radical (unpaired) electrons. The predicted molar refractivity (Wildman–Crippen MR) is 183 cm³/mol. The number of ether oxygens (including phenoxy) is 3. The molecule has 6 rings (SSSR count). The van der Waals surface area contributed by atoms with Crippen LogP contribution in [0.25, 0.3) is 5.69 Å². The maximum atomic E-state index is 13.9. The summed E-state index contributed by atoms with van der Waals surface area (Å²) in [5.74, 6) is 1.39. The van der Waals surface area contributed by atoms with E-state index < -0.39 is 5.82 Å². The fourth-order valence-corrected chi connectivity index (χ4v) is 6.05. The molecule has 11 nitrogen and oxygen atoms in total. The number of nitrogens with one attached hydrogen (secondary N) is 1. The first-order valence-electron chi connectivity index (χ1n) is 15.4. The fourth-order valence-electron chi connectivity index (χ4n) is 5.23. The van der Waals surface area contributed by atoms with Crippen molar-refractivity contribution >= 4 is 29.3 Å². The van der Waals surface area contributed by atoms with Gasteiger partial charge in [-0.2, -0.15) is 5.10 Å². The van der Waals surface area contributed by atoms with E-state index in [-0.39, 0.29) is 36.8 Å². The highest BCUT2D eigenvalue weighted by molar-refractivity contribution is 7.99. The van der Waals surface area contributed by atoms with Gasteiger partial charge in [0.05, 0.1) is 38.3 Å². The molecule has 5 aromatic rings. The molecular weight excluding hydrogens is 647 g/mol. The highest BCUT2D eigenvalue weighted by Crippen LogP contribution is 2.35. The molecule has 2 amide bonds. The second-order valence-electron chi connectivity index (χ2n) is 10.9. The third kappa shape index (κ3) is 8.07. The third-order valence-corrected chi connectivity index (χ3v) is 8.67. The first-order valence-corrected chi connectivity index (χ1v) is 16.4. The van der Waals surface area contributed by atoms with Crippen LogP contribution in [-0.4, -0.2) is 63.9 Å². The third-order valence-electron chi connectivity index (χ3n) is 7.76. The van der Waals surface area contributed by atoms with E-state index in [0.717, 1.165) is 22.6 Å². The number of thioether (sulfide) groups is 1. The quantitative estimate of drug-likeness (QED) is 0.160. The van der Waals surface area contributed by atoms with Gasteiger partial charge in [-0.3, -0.25) is 14.2 Å². The molecule has 0 aliphatic carbocycles. The Morgan fingerprint density at radius 2 is 1.53 bits per heavy atom. The minimum absolute atomic E-state index is 0.0113. The van der Waals surface area contributed by atoms with E-state index in [1.807, 2.05) is 66.7 Å². The number of benzene rings is 4. The first kappa shape index (κ1) is 33.2. The average molecular weight is 681 g/mol. The van der Waals surface area contributed by atoms with Gasteiger partial charge in [0, 0.05) is 12.1 Å². The summed E-state index contributed by atoms with van der Waals surface area (Å²) in [5, 5.41) is 18.1. The largest absolute Gasteiger partial charge is 0.497 e. The van der Waals surface area contributed by atoms with Crippen molar-refractivity contribution in [1.29, 1.82) is 0 Å². The summed E-state index contributed by atoms with van der Waals surface area (Å²) in [5.41, 5.74) is 3.14. The molecule has 2 heterocycles. The number of hydrogen-bond donors (Lipinski definition) is 1. The number of carbonyl (C=O) groups excluding carboxylic acids is 2. The topological polar surface area (TPSA) is 120 Å². The number of hydrazone groups is 1. The summed E-state index contributed by atoms with van der Waals surface area (Å²) in [4.78, 5) is 26.5. The van der Waals surface area contributed by atoms with Crippen LogP contribution in [0.2, 0.25) is 0 Å². The molecule has 1 N–H and O–H groups in total. The lowest BCUT2D eigenvalue weighted by atomic mass is 9.98. The molecule has 0 spiro atoms. The van der Waals surface area contributed by atoms with E-state index in [1.165, 1.54) is 28.9 Å². The van der Waals surface area contributed by atoms with Crippen molar-refractivity contribution in [2.45, 2.75) is 24.2 Å². The monoisotopic (exact) mass is 680 g/mol.